The average molecular weight is 353 g/mol. The number of aromatic nitrogens is 4. The molecule has 2 aromatic heterocycles. The monoisotopic (exact) mass is 353 g/mol. The lowest BCUT2D eigenvalue weighted by Crippen LogP contribution is -2.43. The van der Waals surface area contributed by atoms with Gasteiger partial charge in [-0.1, -0.05) is 13.8 Å². The predicted molar refractivity (Wildman–Crippen MR) is 92.5 cm³/mol. The summed E-state index contributed by atoms with van der Waals surface area (Å²) in [7, 11) is 0. The smallest absolute Gasteiger partial charge is 0.254 e. The van der Waals surface area contributed by atoms with Crippen molar-refractivity contribution in [2.45, 2.75) is 25.8 Å². The van der Waals surface area contributed by atoms with Crippen LogP contribution in [0.3, 0.4) is 0 Å². The quantitative estimate of drug-likeness (QED) is 0.713. The number of amides is 1. The van der Waals surface area contributed by atoms with E-state index >= 15 is 0 Å². The second-order valence-corrected chi connectivity index (χ2v) is 6.48. The molecule has 134 valence electrons. The van der Waals surface area contributed by atoms with Crippen molar-refractivity contribution >= 4 is 16.9 Å². The first-order chi connectivity index (χ1) is 12.6. The largest absolute Gasteiger partial charge is 0.423 e. The maximum Gasteiger partial charge on any atom is 0.254 e. The van der Waals surface area contributed by atoms with Crippen molar-refractivity contribution in [3.63, 3.8) is 0 Å². The van der Waals surface area contributed by atoms with Crippen LogP contribution in [0.2, 0.25) is 0 Å². The molecule has 1 atom stereocenters. The van der Waals surface area contributed by atoms with Gasteiger partial charge in [0, 0.05) is 30.4 Å². The van der Waals surface area contributed by atoms with Gasteiger partial charge >= 0.3 is 0 Å². The average Bonchev–Trinajstić information content (AvgIpc) is 3.17. The van der Waals surface area contributed by atoms with Crippen molar-refractivity contribution in [1.82, 2.24) is 25.1 Å². The molecule has 0 spiro atoms. The predicted octanol–water partition coefficient (Wildman–Crippen LogP) is 2.35. The van der Waals surface area contributed by atoms with Gasteiger partial charge in [-0.05, 0) is 18.2 Å². The van der Waals surface area contributed by atoms with Crippen LogP contribution in [-0.2, 0) is 4.74 Å². The zero-order valence-electron chi connectivity index (χ0n) is 14.6. The molecule has 0 radical (unpaired) electrons. The van der Waals surface area contributed by atoms with E-state index in [9.17, 15) is 4.79 Å². The molecule has 1 saturated heterocycles. The van der Waals surface area contributed by atoms with Gasteiger partial charge in [0.15, 0.2) is 0 Å². The van der Waals surface area contributed by atoms with E-state index in [1.165, 1.54) is 0 Å². The van der Waals surface area contributed by atoms with Gasteiger partial charge < -0.3 is 14.1 Å². The van der Waals surface area contributed by atoms with E-state index < -0.39 is 6.04 Å². The summed E-state index contributed by atoms with van der Waals surface area (Å²) in [5.41, 5.74) is 1.98. The highest BCUT2D eigenvalue weighted by molar-refractivity contribution is 5.97. The van der Waals surface area contributed by atoms with Crippen LogP contribution in [0.1, 0.15) is 47.9 Å². The van der Waals surface area contributed by atoms with Crippen LogP contribution in [-0.4, -0.2) is 50.7 Å². The molecule has 4 rings (SSSR count). The maximum atomic E-state index is 13.1. The summed E-state index contributed by atoms with van der Waals surface area (Å²) in [6.07, 6.45) is 3.24. The van der Waals surface area contributed by atoms with Crippen LogP contribution in [0.25, 0.3) is 11.0 Å². The lowest BCUT2D eigenvalue weighted by molar-refractivity contribution is -0.0107. The zero-order chi connectivity index (χ0) is 18.1. The van der Waals surface area contributed by atoms with Gasteiger partial charge in [-0.2, -0.15) is 0 Å². The molecule has 0 saturated carbocycles. The Morgan fingerprint density at radius 3 is 2.77 bits per heavy atom. The minimum absolute atomic E-state index is 0.116. The summed E-state index contributed by atoms with van der Waals surface area (Å²) in [6.45, 7) is 5.22. The molecule has 0 N–H and O–H groups in total. The number of carbonyl (C=O) groups excluding carboxylic acids is 1. The molecule has 1 aliphatic heterocycles. The van der Waals surface area contributed by atoms with E-state index in [0.29, 0.717) is 42.6 Å². The Bertz CT molecular complexity index is 939. The summed E-state index contributed by atoms with van der Waals surface area (Å²) in [5, 5.41) is 8.19. The first-order valence-electron chi connectivity index (χ1n) is 8.56. The first-order valence-corrected chi connectivity index (χ1v) is 8.56. The van der Waals surface area contributed by atoms with Gasteiger partial charge in [0.25, 0.3) is 5.91 Å². The maximum absolute atomic E-state index is 13.1. The number of hydrogen-bond acceptors (Lipinski definition) is 7. The number of carbonyl (C=O) groups is 1. The third kappa shape index (κ3) is 3.03. The third-order valence-electron chi connectivity index (χ3n) is 4.34. The number of benzene rings is 1. The standard InChI is InChI=1S/C18H19N5O3/c1-11(2)16-21-22-17(26-16)15-10-25-8-7-23(15)18(24)12-3-4-13-14(9-12)20-6-5-19-13/h3-6,9,11,15H,7-8,10H2,1-2H3. The minimum atomic E-state index is -0.395. The highest BCUT2D eigenvalue weighted by atomic mass is 16.5. The Balaban J connectivity index is 1.64. The summed E-state index contributed by atoms with van der Waals surface area (Å²) in [4.78, 5) is 23.3. The van der Waals surface area contributed by atoms with Gasteiger partial charge in [0.05, 0.1) is 24.2 Å². The number of morpholine rings is 1. The normalized spacial score (nSPS) is 17.8. The van der Waals surface area contributed by atoms with Crippen molar-refractivity contribution in [3.05, 3.63) is 47.9 Å². The Labute approximate surface area is 150 Å². The second-order valence-electron chi connectivity index (χ2n) is 6.48. The molecule has 1 aliphatic rings. The van der Waals surface area contributed by atoms with E-state index in [0.717, 1.165) is 5.52 Å². The summed E-state index contributed by atoms with van der Waals surface area (Å²) < 4.78 is 11.3. The highest BCUT2D eigenvalue weighted by Crippen LogP contribution is 2.27. The SMILES string of the molecule is CC(C)c1nnc(C2COCCN2C(=O)c2ccc3nccnc3c2)o1. The van der Waals surface area contributed by atoms with Crippen molar-refractivity contribution in [1.29, 1.82) is 0 Å². The molecule has 1 fully saturated rings. The van der Waals surface area contributed by atoms with Crippen molar-refractivity contribution in [2.24, 2.45) is 0 Å². The Hall–Kier alpha value is -2.87. The summed E-state index contributed by atoms with van der Waals surface area (Å²) in [6, 6.07) is 4.92. The molecule has 0 aliphatic carbocycles. The minimum Gasteiger partial charge on any atom is -0.423 e. The zero-order valence-corrected chi connectivity index (χ0v) is 14.6. The molecule has 1 aromatic carbocycles. The van der Waals surface area contributed by atoms with Crippen LogP contribution in [0.15, 0.2) is 35.0 Å². The number of rotatable bonds is 3. The van der Waals surface area contributed by atoms with Gasteiger partial charge in [0.1, 0.15) is 6.04 Å². The van der Waals surface area contributed by atoms with Crippen molar-refractivity contribution < 1.29 is 13.9 Å². The number of hydrogen-bond donors (Lipinski definition) is 0. The lowest BCUT2D eigenvalue weighted by atomic mass is 10.1. The molecule has 1 amide bonds. The van der Waals surface area contributed by atoms with E-state index in [4.69, 9.17) is 9.15 Å². The van der Waals surface area contributed by atoms with E-state index in [1.807, 2.05) is 13.8 Å². The fourth-order valence-electron chi connectivity index (χ4n) is 2.93. The van der Waals surface area contributed by atoms with Crippen molar-refractivity contribution in [2.75, 3.05) is 19.8 Å². The first kappa shape index (κ1) is 16.6. The molecule has 8 heteroatoms. The van der Waals surface area contributed by atoms with E-state index in [-0.39, 0.29) is 11.8 Å². The fraction of sp³-hybridized carbons (Fsp3) is 0.389. The molecular formula is C18H19N5O3. The molecular weight excluding hydrogens is 334 g/mol. The molecule has 26 heavy (non-hydrogen) atoms. The van der Waals surface area contributed by atoms with E-state index in [2.05, 4.69) is 20.2 Å². The summed E-state index contributed by atoms with van der Waals surface area (Å²) >= 11 is 0. The van der Waals surface area contributed by atoms with Crippen LogP contribution in [0.4, 0.5) is 0 Å². The number of ether oxygens (including phenoxy) is 1. The van der Waals surface area contributed by atoms with Gasteiger partial charge in [0.2, 0.25) is 11.8 Å². The van der Waals surface area contributed by atoms with E-state index in [1.54, 1.807) is 35.5 Å². The lowest BCUT2D eigenvalue weighted by Gasteiger charge is -2.33. The number of fused-ring (bicyclic) bond motifs is 1. The van der Waals surface area contributed by atoms with Crippen molar-refractivity contribution in [3.8, 4) is 0 Å². The van der Waals surface area contributed by atoms with Gasteiger partial charge in [-0.15, -0.1) is 10.2 Å². The van der Waals surface area contributed by atoms with Gasteiger partial charge in [-0.25, -0.2) is 0 Å². The van der Waals surface area contributed by atoms with Crippen LogP contribution in [0.5, 0.6) is 0 Å². The Morgan fingerprint density at radius 2 is 2.00 bits per heavy atom. The summed E-state index contributed by atoms with van der Waals surface area (Å²) in [5.74, 6) is 0.973. The molecule has 3 heterocycles. The number of nitrogens with zero attached hydrogens (tertiary/aromatic N) is 5. The Morgan fingerprint density at radius 1 is 1.19 bits per heavy atom. The fourth-order valence-corrected chi connectivity index (χ4v) is 2.93. The highest BCUT2D eigenvalue weighted by Gasteiger charge is 2.33. The molecule has 3 aromatic rings. The third-order valence-corrected chi connectivity index (χ3v) is 4.34. The molecule has 1 unspecified atom stereocenters. The van der Waals surface area contributed by atoms with Gasteiger partial charge in [-0.3, -0.25) is 14.8 Å². The van der Waals surface area contributed by atoms with Crippen LogP contribution in [0, 0.1) is 0 Å². The molecule has 0 bridgehead atoms. The van der Waals surface area contributed by atoms with Crippen LogP contribution < -0.4 is 0 Å². The topological polar surface area (TPSA) is 94.2 Å². The molecule has 8 nitrogen and oxygen atoms in total. The Kier molecular flexibility index (Phi) is 4.34. The second kappa shape index (κ2) is 6.80. The van der Waals surface area contributed by atoms with Crippen LogP contribution >= 0.6 is 0 Å².